The Morgan fingerprint density at radius 2 is 1.62 bits per heavy atom. The van der Waals surface area contributed by atoms with Gasteiger partial charge in [0.1, 0.15) is 22.5 Å². The van der Waals surface area contributed by atoms with Gasteiger partial charge in [0.2, 0.25) is 22.1 Å². The van der Waals surface area contributed by atoms with Crippen LogP contribution < -0.4 is 33.8 Å². The summed E-state index contributed by atoms with van der Waals surface area (Å²) in [5.74, 6) is 3.43. The average Bonchev–Trinajstić information content (AvgIpc) is 3.44. The van der Waals surface area contributed by atoms with Crippen molar-refractivity contribution < 1.29 is 32.8 Å². The molecule has 13 heteroatoms. The van der Waals surface area contributed by atoms with E-state index < -0.39 is 5.43 Å². The Kier molecular flexibility index (Phi) is 10.6. The van der Waals surface area contributed by atoms with Crippen molar-refractivity contribution in [3.63, 3.8) is 0 Å². The normalized spacial score (nSPS) is 11.2. The molecular weight excluding hydrogens is 624 g/mol. The van der Waals surface area contributed by atoms with Crippen LogP contribution in [-0.4, -0.2) is 69.0 Å². The monoisotopic (exact) mass is 660 g/mol. The van der Waals surface area contributed by atoms with E-state index in [-0.39, 0.29) is 29.1 Å². The van der Waals surface area contributed by atoms with Gasteiger partial charge in [0.05, 0.1) is 48.4 Å². The third-order valence-corrected chi connectivity index (χ3v) is 8.18. The van der Waals surface area contributed by atoms with Crippen molar-refractivity contribution in [1.82, 2.24) is 14.9 Å². The molecule has 0 aliphatic heterocycles. The second-order valence-electron chi connectivity index (χ2n) is 10.3. The van der Waals surface area contributed by atoms with Gasteiger partial charge < -0.3 is 32.8 Å². The zero-order valence-corrected chi connectivity index (χ0v) is 28.1. The molecule has 5 aromatic rings. The van der Waals surface area contributed by atoms with Crippen LogP contribution in [0.5, 0.6) is 34.5 Å². The molecule has 2 aromatic heterocycles. The predicted molar refractivity (Wildman–Crippen MR) is 180 cm³/mol. The molecule has 0 fully saturated rings. The number of ether oxygens (including phenoxy) is 6. The van der Waals surface area contributed by atoms with Crippen molar-refractivity contribution in [3.05, 3.63) is 75.7 Å². The third-order valence-electron chi connectivity index (χ3n) is 7.17. The standard InChI is InChI=1S/C34H36N4O8S/c1-20-10-8-11-22(14-20)19-35-38-21(2)36-37-34(38)47-13-9-12-45-33-30(39)29-25(41-4)17-24(40-3)18-26(29)46-31(33)23-15-27(42-5)32(44-7)28(16-23)43-6/h8,10-11,14-19H,9,12-13H2,1-7H3. The second kappa shape index (κ2) is 14.9. The number of rotatable bonds is 14. The topological polar surface area (TPSA) is 129 Å². The highest BCUT2D eigenvalue weighted by molar-refractivity contribution is 7.99. The van der Waals surface area contributed by atoms with Crippen LogP contribution in [0.1, 0.15) is 23.4 Å². The molecule has 2 heterocycles. The molecule has 12 nitrogen and oxygen atoms in total. The molecular formula is C34H36N4O8S. The highest BCUT2D eigenvalue weighted by Crippen LogP contribution is 2.44. The molecule has 0 amide bonds. The first kappa shape index (κ1) is 33.2. The van der Waals surface area contributed by atoms with Crippen LogP contribution in [0.15, 0.2) is 68.0 Å². The van der Waals surface area contributed by atoms with Crippen LogP contribution in [0.3, 0.4) is 0 Å². The van der Waals surface area contributed by atoms with Crippen molar-refractivity contribution in [3.8, 4) is 45.8 Å². The van der Waals surface area contributed by atoms with E-state index in [0.29, 0.717) is 57.5 Å². The van der Waals surface area contributed by atoms with E-state index in [4.69, 9.17) is 32.8 Å². The van der Waals surface area contributed by atoms with Crippen molar-refractivity contribution in [2.24, 2.45) is 5.10 Å². The Morgan fingerprint density at radius 3 is 2.28 bits per heavy atom. The van der Waals surface area contributed by atoms with E-state index in [0.717, 1.165) is 11.1 Å². The maximum Gasteiger partial charge on any atom is 0.239 e. The molecule has 0 saturated heterocycles. The van der Waals surface area contributed by atoms with Crippen molar-refractivity contribution in [2.45, 2.75) is 25.4 Å². The van der Waals surface area contributed by atoms with Gasteiger partial charge in [0.15, 0.2) is 23.1 Å². The lowest BCUT2D eigenvalue weighted by atomic mass is 10.1. The van der Waals surface area contributed by atoms with Gasteiger partial charge in [-0.15, -0.1) is 10.2 Å². The highest BCUT2D eigenvalue weighted by Gasteiger charge is 2.24. The Labute approximate surface area is 276 Å². The molecule has 0 spiro atoms. The minimum atomic E-state index is -0.400. The fourth-order valence-electron chi connectivity index (χ4n) is 4.89. The van der Waals surface area contributed by atoms with Crippen LogP contribution in [0.4, 0.5) is 0 Å². The fourth-order valence-corrected chi connectivity index (χ4v) is 5.73. The first-order valence-corrected chi connectivity index (χ1v) is 15.6. The zero-order chi connectivity index (χ0) is 33.5. The summed E-state index contributed by atoms with van der Waals surface area (Å²) in [5, 5.41) is 13.9. The second-order valence-corrected chi connectivity index (χ2v) is 11.3. The van der Waals surface area contributed by atoms with Gasteiger partial charge in [-0.1, -0.05) is 41.6 Å². The molecule has 0 saturated carbocycles. The number of aryl methyl sites for hydroxylation is 2. The molecule has 0 N–H and O–H groups in total. The summed E-state index contributed by atoms with van der Waals surface area (Å²) in [4.78, 5) is 14.0. The van der Waals surface area contributed by atoms with E-state index in [2.05, 4.69) is 21.4 Å². The first-order valence-electron chi connectivity index (χ1n) is 14.6. The van der Waals surface area contributed by atoms with E-state index in [1.165, 1.54) is 47.3 Å². The maximum absolute atomic E-state index is 14.0. The van der Waals surface area contributed by atoms with Crippen molar-refractivity contribution in [2.75, 3.05) is 47.9 Å². The molecule has 5 rings (SSSR count). The van der Waals surface area contributed by atoms with E-state index in [9.17, 15) is 4.79 Å². The number of benzene rings is 3. The molecule has 0 aliphatic rings. The predicted octanol–water partition coefficient (Wildman–Crippen LogP) is 6.15. The summed E-state index contributed by atoms with van der Waals surface area (Å²) in [6, 6.07) is 14.7. The van der Waals surface area contributed by atoms with E-state index in [1.807, 2.05) is 32.0 Å². The SMILES string of the molecule is COc1cc(OC)c2c(=O)c(OCCCSc3nnc(C)n3N=Cc3cccc(C)c3)c(-c3cc(OC)c(OC)c(OC)c3)oc2c1. The number of hydrogen-bond donors (Lipinski definition) is 0. The van der Waals surface area contributed by atoms with E-state index >= 15 is 0 Å². The largest absolute Gasteiger partial charge is 0.496 e. The van der Waals surface area contributed by atoms with Crippen LogP contribution in [-0.2, 0) is 0 Å². The smallest absolute Gasteiger partial charge is 0.239 e. The summed E-state index contributed by atoms with van der Waals surface area (Å²) >= 11 is 1.49. The number of aromatic nitrogens is 3. The number of thioether (sulfide) groups is 1. The van der Waals surface area contributed by atoms with Gasteiger partial charge in [-0.3, -0.25) is 4.79 Å². The first-order chi connectivity index (χ1) is 22.8. The maximum atomic E-state index is 14.0. The lowest BCUT2D eigenvalue weighted by molar-refractivity contribution is 0.309. The quantitative estimate of drug-likeness (QED) is 0.0772. The van der Waals surface area contributed by atoms with Crippen LogP contribution in [0.25, 0.3) is 22.3 Å². The lowest BCUT2D eigenvalue weighted by Crippen LogP contribution is -2.13. The van der Waals surface area contributed by atoms with Gasteiger partial charge in [0, 0.05) is 23.4 Å². The Morgan fingerprint density at radius 1 is 0.872 bits per heavy atom. The fraction of sp³-hybridized carbons (Fsp3) is 0.294. The number of fused-ring (bicyclic) bond motifs is 1. The highest BCUT2D eigenvalue weighted by atomic mass is 32.2. The van der Waals surface area contributed by atoms with E-state index in [1.54, 1.807) is 35.2 Å². The van der Waals surface area contributed by atoms with Crippen molar-refractivity contribution >= 4 is 28.9 Å². The summed E-state index contributed by atoms with van der Waals surface area (Å²) < 4.78 is 41.8. The minimum absolute atomic E-state index is 0.0157. The summed E-state index contributed by atoms with van der Waals surface area (Å²) in [6.45, 7) is 4.09. The Hall–Kier alpha value is -5.17. The van der Waals surface area contributed by atoms with Crippen LogP contribution in [0.2, 0.25) is 0 Å². The Balaban J connectivity index is 1.43. The molecule has 0 radical (unpaired) electrons. The van der Waals surface area contributed by atoms with Crippen molar-refractivity contribution in [1.29, 1.82) is 0 Å². The number of methoxy groups -OCH3 is 5. The summed E-state index contributed by atoms with van der Waals surface area (Å²) in [7, 11) is 7.54. The molecule has 47 heavy (non-hydrogen) atoms. The minimum Gasteiger partial charge on any atom is -0.496 e. The summed E-state index contributed by atoms with van der Waals surface area (Å²) in [6.07, 6.45) is 2.36. The van der Waals surface area contributed by atoms with Crippen LogP contribution in [0, 0.1) is 13.8 Å². The third kappa shape index (κ3) is 7.14. The number of nitrogens with zero attached hydrogens (tertiary/aromatic N) is 4. The molecule has 0 bridgehead atoms. The molecule has 0 unspecified atom stereocenters. The van der Waals surface area contributed by atoms with Gasteiger partial charge in [-0.2, -0.15) is 9.78 Å². The molecule has 246 valence electrons. The van der Waals surface area contributed by atoms with Gasteiger partial charge in [-0.25, -0.2) is 0 Å². The van der Waals surface area contributed by atoms with Gasteiger partial charge in [0.25, 0.3) is 0 Å². The Bertz CT molecular complexity index is 1950. The van der Waals surface area contributed by atoms with Gasteiger partial charge >= 0.3 is 0 Å². The number of hydrogen-bond acceptors (Lipinski definition) is 12. The van der Waals surface area contributed by atoms with Gasteiger partial charge in [-0.05, 0) is 38.0 Å². The molecule has 0 atom stereocenters. The molecule has 0 aliphatic carbocycles. The summed E-state index contributed by atoms with van der Waals surface area (Å²) in [5.41, 5.74) is 2.48. The van der Waals surface area contributed by atoms with Crippen LogP contribution >= 0.6 is 11.8 Å². The average molecular weight is 661 g/mol. The zero-order valence-electron chi connectivity index (χ0n) is 27.3. The molecule has 3 aromatic carbocycles. The lowest BCUT2D eigenvalue weighted by Gasteiger charge is -2.17.